The summed E-state index contributed by atoms with van der Waals surface area (Å²) in [4.78, 5) is 25.9. The van der Waals surface area contributed by atoms with Crippen LogP contribution in [0.5, 0.6) is 5.75 Å². The van der Waals surface area contributed by atoms with Gasteiger partial charge in [0.25, 0.3) is 0 Å². The van der Waals surface area contributed by atoms with Crippen molar-refractivity contribution in [1.29, 1.82) is 0 Å². The van der Waals surface area contributed by atoms with E-state index in [0.29, 0.717) is 58.2 Å². The Bertz CT molecular complexity index is 1570. The van der Waals surface area contributed by atoms with Gasteiger partial charge >= 0.3 is 6.03 Å². The number of hydrogen-bond acceptors (Lipinski definition) is 5. The number of terminal acetylenes is 1. The lowest BCUT2D eigenvalue weighted by molar-refractivity contribution is 0.119. The molecular formula is C34H37Cl3N4O3S. The molecule has 3 atom stereocenters. The molecule has 0 radical (unpaired) electrons. The number of urea groups is 1. The van der Waals surface area contributed by atoms with Crippen LogP contribution in [-0.4, -0.2) is 82.1 Å². The highest BCUT2D eigenvalue weighted by Gasteiger charge is 2.45. The highest BCUT2D eigenvalue weighted by atomic mass is 35.5. The molecule has 0 N–H and O–H groups in total. The fraction of sp³-hybridized carbons (Fsp3) is 0.353. The van der Waals surface area contributed by atoms with Crippen LogP contribution >= 0.6 is 35.6 Å². The van der Waals surface area contributed by atoms with Crippen molar-refractivity contribution in [3.05, 3.63) is 99.0 Å². The number of carbonyl (C=O) groups is 1. The van der Waals surface area contributed by atoms with Gasteiger partial charge in [0.15, 0.2) is 0 Å². The average molecular weight is 688 g/mol. The van der Waals surface area contributed by atoms with Crippen molar-refractivity contribution < 1.29 is 13.7 Å². The summed E-state index contributed by atoms with van der Waals surface area (Å²) in [5.41, 5.74) is 3.21. The van der Waals surface area contributed by atoms with E-state index in [-0.39, 0.29) is 18.4 Å². The number of amides is 2. The Morgan fingerprint density at radius 3 is 2.20 bits per heavy atom. The number of halogens is 3. The molecule has 1 fully saturated rings. The Labute approximate surface area is 284 Å². The second-order valence-electron chi connectivity index (χ2n) is 10.8. The third-order valence-electron chi connectivity index (χ3n) is 7.93. The van der Waals surface area contributed by atoms with E-state index in [0.717, 1.165) is 37.2 Å². The predicted molar refractivity (Wildman–Crippen MR) is 187 cm³/mol. The molecule has 3 aromatic carbocycles. The van der Waals surface area contributed by atoms with Crippen LogP contribution in [0.4, 0.5) is 4.79 Å². The third-order valence-corrected chi connectivity index (χ3v) is 9.30. The van der Waals surface area contributed by atoms with Gasteiger partial charge < -0.3 is 9.64 Å². The maximum absolute atomic E-state index is 14.7. The molecule has 0 aliphatic carbocycles. The Hall–Kier alpha value is -3.06. The zero-order valence-electron chi connectivity index (χ0n) is 25.3. The van der Waals surface area contributed by atoms with E-state index in [4.69, 9.17) is 39.4 Å². The first-order valence-electron chi connectivity index (χ1n) is 14.7. The van der Waals surface area contributed by atoms with Gasteiger partial charge in [-0.05, 0) is 73.5 Å². The minimum Gasteiger partial charge on any atom is -0.493 e. The van der Waals surface area contributed by atoms with Gasteiger partial charge in [0, 0.05) is 64.6 Å². The van der Waals surface area contributed by atoms with Crippen molar-refractivity contribution in [2.75, 3.05) is 51.3 Å². The van der Waals surface area contributed by atoms with E-state index in [1.54, 1.807) is 6.26 Å². The number of hydrogen-bond donors (Lipinski definition) is 0. The molecule has 45 heavy (non-hydrogen) atoms. The van der Waals surface area contributed by atoms with Crippen LogP contribution in [0.1, 0.15) is 47.7 Å². The molecule has 0 saturated carbocycles. The second kappa shape index (κ2) is 16.0. The number of nitrogens with zero attached hydrogens (tertiary/aromatic N) is 4. The van der Waals surface area contributed by atoms with Gasteiger partial charge in [0.1, 0.15) is 17.6 Å². The average Bonchev–Trinajstić information content (AvgIpc) is 3.42. The normalized spacial score (nSPS) is 19.0. The highest BCUT2D eigenvalue weighted by molar-refractivity contribution is 7.84. The van der Waals surface area contributed by atoms with Crippen molar-refractivity contribution in [3.8, 4) is 18.1 Å². The second-order valence-corrected chi connectivity index (χ2v) is 13.3. The molecule has 11 heteroatoms. The van der Waals surface area contributed by atoms with E-state index in [9.17, 15) is 9.00 Å². The molecule has 1 unspecified atom stereocenters. The van der Waals surface area contributed by atoms with E-state index < -0.39 is 22.9 Å². The maximum atomic E-state index is 14.7. The summed E-state index contributed by atoms with van der Waals surface area (Å²) in [6.45, 7) is 5.85. The summed E-state index contributed by atoms with van der Waals surface area (Å²) in [7, 11) is -0.807. The first kappa shape index (κ1) is 34.8. The lowest BCUT2D eigenvalue weighted by Gasteiger charge is -2.39. The Morgan fingerprint density at radius 1 is 1.00 bits per heavy atom. The quantitative estimate of drug-likeness (QED) is 0.231. The topological polar surface area (TPSA) is 65.5 Å². The lowest BCUT2D eigenvalue weighted by atomic mass is 9.93. The number of amidine groups is 1. The monoisotopic (exact) mass is 686 g/mol. The molecule has 2 amide bonds. The number of carbonyl (C=O) groups excluding carboxylic acids is 1. The first-order chi connectivity index (χ1) is 21.3. The molecule has 2 aliphatic rings. The molecule has 7 nitrogen and oxygen atoms in total. The Morgan fingerprint density at radius 2 is 1.62 bits per heavy atom. The van der Waals surface area contributed by atoms with Crippen LogP contribution in [0.25, 0.3) is 0 Å². The molecule has 0 aromatic heterocycles. The first-order valence-corrected chi connectivity index (χ1v) is 17.2. The summed E-state index contributed by atoms with van der Waals surface area (Å²) >= 11 is 12.6. The summed E-state index contributed by atoms with van der Waals surface area (Å²) in [5, 5.41) is 1.24. The van der Waals surface area contributed by atoms with Crippen LogP contribution in [0.3, 0.4) is 0 Å². The van der Waals surface area contributed by atoms with Gasteiger partial charge in [-0.1, -0.05) is 53.4 Å². The van der Waals surface area contributed by atoms with Crippen molar-refractivity contribution >= 4 is 58.3 Å². The fourth-order valence-corrected chi connectivity index (χ4v) is 6.52. The number of benzene rings is 3. The molecule has 0 spiro atoms. The number of ether oxygens (including phenoxy) is 1. The van der Waals surface area contributed by atoms with Crippen LogP contribution in [0.2, 0.25) is 10.0 Å². The third kappa shape index (κ3) is 8.21. The van der Waals surface area contributed by atoms with E-state index in [1.807, 2.05) is 83.5 Å². The van der Waals surface area contributed by atoms with E-state index in [1.165, 1.54) is 0 Å². The molecule has 238 valence electrons. The SMILES string of the molecule is C#Cc1ccc(C2=N[C@@H](c3ccc(Cl)cc3)[C@@H](c3ccc(Cl)cc3)N2C(=O)N2CCN(CCCS(C)=O)CC2)c(OCC)c1.Cl. The Kier molecular flexibility index (Phi) is 12.4. The summed E-state index contributed by atoms with van der Waals surface area (Å²) in [6.07, 6.45) is 8.32. The van der Waals surface area contributed by atoms with Crippen LogP contribution in [-0.2, 0) is 10.8 Å². The van der Waals surface area contributed by atoms with Gasteiger partial charge in [0.2, 0.25) is 0 Å². The smallest absolute Gasteiger partial charge is 0.326 e. The minimum absolute atomic E-state index is 0. The van der Waals surface area contributed by atoms with Gasteiger partial charge in [-0.25, -0.2) is 4.79 Å². The minimum atomic E-state index is -0.807. The van der Waals surface area contributed by atoms with Crippen molar-refractivity contribution in [3.63, 3.8) is 0 Å². The number of rotatable bonds is 9. The summed E-state index contributed by atoms with van der Waals surface area (Å²) < 4.78 is 17.6. The zero-order valence-corrected chi connectivity index (χ0v) is 28.5. The van der Waals surface area contributed by atoms with Crippen LogP contribution in [0.15, 0.2) is 71.7 Å². The molecule has 1 saturated heterocycles. The van der Waals surface area contributed by atoms with Gasteiger partial charge in [-0.3, -0.25) is 19.0 Å². The largest absolute Gasteiger partial charge is 0.493 e. The number of aliphatic imine (C=N–C) groups is 1. The Balaban J connectivity index is 0.00000461. The summed E-state index contributed by atoms with van der Waals surface area (Å²) in [5.74, 6) is 4.46. The molecular weight excluding hydrogens is 651 g/mol. The molecule has 2 heterocycles. The standard InChI is InChI=1S/C34H36Cl2N4O3S.ClH/c1-4-24-7-16-29(30(23-24)43-5-2)33-37-31(25-8-12-27(35)13-9-25)32(26-10-14-28(36)15-11-26)40(33)34(41)39-20-18-38(19-21-39)17-6-22-44(3)42;/h1,7-16,23,31-32H,5-6,17-22H2,2-3H3;1H/t31-,32+,44?;/m0./s1. The summed E-state index contributed by atoms with van der Waals surface area (Å²) in [6, 6.07) is 19.7. The van der Waals surface area contributed by atoms with Crippen molar-refractivity contribution in [1.82, 2.24) is 14.7 Å². The molecule has 3 aromatic rings. The predicted octanol–water partition coefficient (Wildman–Crippen LogP) is 6.85. The van der Waals surface area contributed by atoms with Gasteiger partial charge in [-0.15, -0.1) is 18.8 Å². The van der Waals surface area contributed by atoms with E-state index >= 15 is 0 Å². The molecule has 0 bridgehead atoms. The zero-order chi connectivity index (χ0) is 31.2. The van der Waals surface area contributed by atoms with Crippen LogP contribution < -0.4 is 4.74 Å². The molecule has 5 rings (SSSR count). The van der Waals surface area contributed by atoms with Gasteiger partial charge in [-0.2, -0.15) is 0 Å². The van der Waals surface area contributed by atoms with E-state index in [2.05, 4.69) is 10.8 Å². The highest BCUT2D eigenvalue weighted by Crippen LogP contribution is 2.45. The number of piperazine rings is 1. The van der Waals surface area contributed by atoms with Crippen molar-refractivity contribution in [2.45, 2.75) is 25.4 Å². The lowest BCUT2D eigenvalue weighted by Crippen LogP contribution is -2.54. The molecule has 2 aliphatic heterocycles. The fourth-order valence-electron chi connectivity index (χ4n) is 5.73. The van der Waals surface area contributed by atoms with Crippen molar-refractivity contribution in [2.24, 2.45) is 4.99 Å². The van der Waals surface area contributed by atoms with Crippen LogP contribution in [0, 0.1) is 12.3 Å². The van der Waals surface area contributed by atoms with Gasteiger partial charge in [0.05, 0.1) is 18.2 Å². The maximum Gasteiger partial charge on any atom is 0.326 e.